The van der Waals surface area contributed by atoms with Crippen LogP contribution in [0.2, 0.25) is 0 Å². The van der Waals surface area contributed by atoms with Gasteiger partial charge in [0.15, 0.2) is 9.84 Å². The van der Waals surface area contributed by atoms with Crippen molar-refractivity contribution < 1.29 is 8.42 Å². The summed E-state index contributed by atoms with van der Waals surface area (Å²) in [6.45, 7) is 3.88. The van der Waals surface area contributed by atoms with Crippen molar-refractivity contribution in [2.45, 2.75) is 19.1 Å². The fraction of sp³-hybridized carbons (Fsp3) is 0.455. The second-order valence-electron chi connectivity index (χ2n) is 3.71. The lowest BCUT2D eigenvalue weighted by Crippen LogP contribution is -2.22. The number of hydrogen-bond donors (Lipinski definition) is 1. The molecule has 0 bridgehead atoms. The van der Waals surface area contributed by atoms with E-state index in [4.69, 9.17) is 0 Å². The van der Waals surface area contributed by atoms with Gasteiger partial charge in [-0.2, -0.15) is 0 Å². The Bertz CT molecular complexity index is 384. The molecule has 1 rings (SSSR count). The summed E-state index contributed by atoms with van der Waals surface area (Å²) in [4.78, 5) is 0. The van der Waals surface area contributed by atoms with E-state index in [0.717, 1.165) is 5.69 Å². The van der Waals surface area contributed by atoms with Gasteiger partial charge in [-0.3, -0.25) is 0 Å². The predicted molar refractivity (Wildman–Crippen MR) is 63.9 cm³/mol. The van der Waals surface area contributed by atoms with Crippen LogP contribution >= 0.6 is 0 Å². The number of hydrogen-bond acceptors (Lipinski definition) is 3. The molecule has 1 N–H and O–H groups in total. The molecular weight excluding hydrogens is 210 g/mol. The van der Waals surface area contributed by atoms with Gasteiger partial charge in [0.2, 0.25) is 0 Å². The molecule has 0 saturated carbocycles. The fourth-order valence-corrected chi connectivity index (χ4v) is 1.99. The average Bonchev–Trinajstić information content (AvgIpc) is 2.19. The van der Waals surface area contributed by atoms with Crippen LogP contribution in [-0.4, -0.2) is 26.0 Å². The lowest BCUT2D eigenvalue weighted by atomic mass is 10.3. The molecule has 0 amide bonds. The van der Waals surface area contributed by atoms with Crippen molar-refractivity contribution in [1.82, 2.24) is 0 Å². The van der Waals surface area contributed by atoms with Crippen molar-refractivity contribution in [3.05, 3.63) is 30.3 Å². The highest BCUT2D eigenvalue weighted by Gasteiger charge is 2.14. The van der Waals surface area contributed by atoms with E-state index in [1.807, 2.05) is 30.3 Å². The Kier molecular flexibility index (Phi) is 4.15. The molecule has 0 saturated heterocycles. The fourth-order valence-electron chi connectivity index (χ4n) is 1.13. The van der Waals surface area contributed by atoms with Gasteiger partial charge < -0.3 is 5.32 Å². The first-order valence-electron chi connectivity index (χ1n) is 5.03. The van der Waals surface area contributed by atoms with Crippen LogP contribution in [0.15, 0.2) is 30.3 Å². The highest BCUT2D eigenvalue weighted by Crippen LogP contribution is 2.05. The maximum atomic E-state index is 11.5. The monoisotopic (exact) mass is 227 g/mol. The summed E-state index contributed by atoms with van der Waals surface area (Å²) in [5.74, 6) is 0.180. The molecule has 3 nitrogen and oxygen atoms in total. The van der Waals surface area contributed by atoms with E-state index in [9.17, 15) is 8.42 Å². The molecule has 0 aliphatic carbocycles. The first-order chi connectivity index (χ1) is 7.02. The van der Waals surface area contributed by atoms with Crippen molar-refractivity contribution in [3.63, 3.8) is 0 Å². The zero-order valence-electron chi connectivity index (χ0n) is 9.10. The standard InChI is InChI=1S/C11H17NO2S/c1-10(2)15(13,14)9-8-12-11-6-4-3-5-7-11/h3-7,10,12H,8-9H2,1-2H3. The molecule has 1 aromatic carbocycles. The minimum Gasteiger partial charge on any atom is -0.384 e. The number of nitrogens with one attached hydrogen (secondary N) is 1. The van der Waals surface area contributed by atoms with Crippen LogP contribution < -0.4 is 5.32 Å². The van der Waals surface area contributed by atoms with E-state index in [1.54, 1.807) is 13.8 Å². The second-order valence-corrected chi connectivity index (χ2v) is 6.39. The second kappa shape index (κ2) is 5.16. The minimum absolute atomic E-state index is 0.180. The van der Waals surface area contributed by atoms with Crippen LogP contribution in [0.1, 0.15) is 13.8 Å². The third-order valence-corrected chi connectivity index (χ3v) is 4.42. The minimum atomic E-state index is -2.93. The van der Waals surface area contributed by atoms with Crippen LogP contribution in [0.3, 0.4) is 0 Å². The van der Waals surface area contributed by atoms with Gasteiger partial charge >= 0.3 is 0 Å². The average molecular weight is 227 g/mol. The van der Waals surface area contributed by atoms with E-state index in [0.29, 0.717) is 6.54 Å². The Morgan fingerprint density at radius 3 is 2.33 bits per heavy atom. The number of para-hydroxylation sites is 1. The highest BCUT2D eigenvalue weighted by molar-refractivity contribution is 7.92. The van der Waals surface area contributed by atoms with Gasteiger partial charge in [0, 0.05) is 12.2 Å². The Balaban J connectivity index is 2.41. The molecule has 84 valence electrons. The van der Waals surface area contributed by atoms with E-state index in [1.165, 1.54) is 0 Å². The summed E-state index contributed by atoms with van der Waals surface area (Å²) in [6, 6.07) is 9.60. The quantitative estimate of drug-likeness (QED) is 0.836. The summed E-state index contributed by atoms with van der Waals surface area (Å²) >= 11 is 0. The van der Waals surface area contributed by atoms with Gasteiger partial charge in [0.25, 0.3) is 0 Å². The Morgan fingerprint density at radius 2 is 1.80 bits per heavy atom. The smallest absolute Gasteiger partial charge is 0.154 e. The molecule has 0 heterocycles. The first kappa shape index (κ1) is 12.0. The van der Waals surface area contributed by atoms with Crippen LogP contribution in [0.25, 0.3) is 0 Å². The van der Waals surface area contributed by atoms with Crippen LogP contribution in [-0.2, 0) is 9.84 Å². The Morgan fingerprint density at radius 1 is 1.20 bits per heavy atom. The first-order valence-corrected chi connectivity index (χ1v) is 6.74. The van der Waals surface area contributed by atoms with Gasteiger partial charge in [-0.15, -0.1) is 0 Å². The molecule has 15 heavy (non-hydrogen) atoms. The molecule has 0 aromatic heterocycles. The molecule has 0 radical (unpaired) electrons. The lowest BCUT2D eigenvalue weighted by Gasteiger charge is -2.09. The van der Waals surface area contributed by atoms with Gasteiger partial charge in [0.05, 0.1) is 11.0 Å². The van der Waals surface area contributed by atoms with Gasteiger partial charge in [0.1, 0.15) is 0 Å². The maximum Gasteiger partial charge on any atom is 0.154 e. The van der Waals surface area contributed by atoms with E-state index in [-0.39, 0.29) is 11.0 Å². The third kappa shape index (κ3) is 3.91. The molecule has 4 heteroatoms. The lowest BCUT2D eigenvalue weighted by molar-refractivity contribution is 0.588. The third-order valence-electron chi connectivity index (χ3n) is 2.21. The van der Waals surface area contributed by atoms with Crippen molar-refractivity contribution in [1.29, 1.82) is 0 Å². The summed E-state index contributed by atoms with van der Waals surface area (Å²) < 4.78 is 23.0. The molecule has 0 unspecified atom stereocenters. The topological polar surface area (TPSA) is 46.2 Å². The number of sulfone groups is 1. The molecule has 1 aromatic rings. The highest BCUT2D eigenvalue weighted by atomic mass is 32.2. The molecular formula is C11H17NO2S. The van der Waals surface area contributed by atoms with Crippen molar-refractivity contribution in [3.8, 4) is 0 Å². The van der Waals surface area contributed by atoms with Crippen LogP contribution in [0.5, 0.6) is 0 Å². The van der Waals surface area contributed by atoms with Gasteiger partial charge in [-0.05, 0) is 26.0 Å². The summed E-state index contributed by atoms with van der Waals surface area (Å²) in [5.41, 5.74) is 0.955. The number of anilines is 1. The Hall–Kier alpha value is -1.03. The van der Waals surface area contributed by atoms with E-state index < -0.39 is 9.84 Å². The maximum absolute atomic E-state index is 11.5. The molecule has 0 spiro atoms. The Labute approximate surface area is 91.4 Å². The normalized spacial score (nSPS) is 11.7. The van der Waals surface area contributed by atoms with Crippen LogP contribution in [0.4, 0.5) is 5.69 Å². The summed E-state index contributed by atoms with van der Waals surface area (Å²) in [6.07, 6.45) is 0. The van der Waals surface area contributed by atoms with Gasteiger partial charge in [-0.25, -0.2) is 8.42 Å². The van der Waals surface area contributed by atoms with Crippen LogP contribution in [0, 0.1) is 0 Å². The van der Waals surface area contributed by atoms with Crippen molar-refractivity contribution in [2.24, 2.45) is 0 Å². The number of rotatable bonds is 5. The number of benzene rings is 1. The van der Waals surface area contributed by atoms with Gasteiger partial charge in [-0.1, -0.05) is 18.2 Å². The molecule has 0 aliphatic heterocycles. The SMILES string of the molecule is CC(C)S(=O)(=O)CCNc1ccccc1. The zero-order chi connectivity index (χ0) is 11.3. The molecule has 0 fully saturated rings. The van der Waals surface area contributed by atoms with E-state index in [2.05, 4.69) is 5.32 Å². The zero-order valence-corrected chi connectivity index (χ0v) is 9.92. The van der Waals surface area contributed by atoms with E-state index >= 15 is 0 Å². The van der Waals surface area contributed by atoms with Crippen molar-refractivity contribution in [2.75, 3.05) is 17.6 Å². The largest absolute Gasteiger partial charge is 0.384 e. The molecule has 0 atom stereocenters. The molecule has 0 aliphatic rings. The van der Waals surface area contributed by atoms with Crippen molar-refractivity contribution >= 4 is 15.5 Å². The summed E-state index contributed by atoms with van der Waals surface area (Å²) in [5, 5.41) is 2.78. The predicted octanol–water partition coefficient (Wildman–Crippen LogP) is 1.92. The summed E-state index contributed by atoms with van der Waals surface area (Å²) in [7, 11) is -2.93.